The van der Waals surface area contributed by atoms with Gasteiger partial charge in [0.2, 0.25) is 0 Å². The highest BCUT2D eigenvalue weighted by Crippen LogP contribution is 2.31. The third-order valence-electron chi connectivity index (χ3n) is 4.73. The van der Waals surface area contributed by atoms with Crippen LogP contribution < -0.4 is 11.6 Å². The normalized spacial score (nSPS) is 18.6. The standard InChI is InChI=1S/C17H25BrN6O/c1-11-13(18)5-6-14(21-11)16(19)15(22(2)20)10-24-8-7-23(17(24)25)9-12-3-4-12/h5-6,12H,3-4,7-10,19-20H2,1-2H3/b16-15-. The molecule has 1 aromatic rings. The number of rotatable bonds is 6. The number of hydrogen-bond donors (Lipinski definition) is 2. The molecule has 1 saturated heterocycles. The molecule has 0 unspecified atom stereocenters. The number of nitrogens with two attached hydrogens (primary N) is 2. The van der Waals surface area contributed by atoms with Crippen molar-refractivity contribution in [2.75, 3.05) is 33.2 Å². The Morgan fingerprint density at radius 3 is 2.64 bits per heavy atom. The first-order valence-electron chi connectivity index (χ1n) is 8.51. The summed E-state index contributed by atoms with van der Waals surface area (Å²) in [5.41, 5.74) is 9.04. The zero-order valence-electron chi connectivity index (χ0n) is 14.7. The van der Waals surface area contributed by atoms with E-state index in [1.807, 2.05) is 24.0 Å². The first kappa shape index (κ1) is 18.0. The fourth-order valence-corrected chi connectivity index (χ4v) is 3.19. The van der Waals surface area contributed by atoms with Gasteiger partial charge in [0, 0.05) is 31.2 Å². The van der Waals surface area contributed by atoms with Gasteiger partial charge in [-0.1, -0.05) is 0 Å². The number of carbonyl (C=O) groups excluding carboxylic acids is 1. The van der Waals surface area contributed by atoms with Crippen LogP contribution in [-0.2, 0) is 0 Å². The van der Waals surface area contributed by atoms with E-state index in [1.54, 1.807) is 11.9 Å². The molecule has 25 heavy (non-hydrogen) atoms. The minimum Gasteiger partial charge on any atom is -0.395 e. The molecule has 0 bridgehead atoms. The van der Waals surface area contributed by atoms with Crippen LogP contribution in [0.25, 0.3) is 5.70 Å². The predicted molar refractivity (Wildman–Crippen MR) is 101 cm³/mol. The lowest BCUT2D eigenvalue weighted by Crippen LogP contribution is -2.39. The maximum Gasteiger partial charge on any atom is 0.320 e. The molecule has 3 rings (SSSR count). The maximum absolute atomic E-state index is 12.6. The third kappa shape index (κ3) is 4.07. The summed E-state index contributed by atoms with van der Waals surface area (Å²) in [6.45, 7) is 4.63. The van der Waals surface area contributed by atoms with Gasteiger partial charge in [-0.3, -0.25) is 4.98 Å². The van der Waals surface area contributed by atoms with Crippen LogP contribution in [-0.4, -0.2) is 59.1 Å². The number of carbonyl (C=O) groups is 1. The number of hydrogen-bond acceptors (Lipinski definition) is 5. The van der Waals surface area contributed by atoms with Crippen LogP contribution in [0.5, 0.6) is 0 Å². The lowest BCUT2D eigenvalue weighted by Gasteiger charge is -2.25. The summed E-state index contributed by atoms with van der Waals surface area (Å²) in [7, 11) is 1.73. The van der Waals surface area contributed by atoms with E-state index in [1.165, 1.54) is 17.9 Å². The number of urea groups is 1. The second-order valence-electron chi connectivity index (χ2n) is 6.83. The summed E-state index contributed by atoms with van der Waals surface area (Å²) in [6, 6.07) is 3.83. The summed E-state index contributed by atoms with van der Waals surface area (Å²) in [6.07, 6.45) is 2.48. The lowest BCUT2D eigenvalue weighted by molar-refractivity contribution is 0.190. The minimum atomic E-state index is 0.0685. The van der Waals surface area contributed by atoms with E-state index in [-0.39, 0.29) is 6.03 Å². The summed E-state index contributed by atoms with van der Waals surface area (Å²) in [5, 5.41) is 1.48. The highest BCUT2D eigenvalue weighted by molar-refractivity contribution is 9.10. The molecular formula is C17H25BrN6O. The maximum atomic E-state index is 12.6. The number of halogens is 1. The van der Waals surface area contributed by atoms with Crippen LogP contribution >= 0.6 is 15.9 Å². The van der Waals surface area contributed by atoms with Gasteiger partial charge < -0.3 is 20.5 Å². The van der Waals surface area contributed by atoms with Crippen LogP contribution in [0, 0.1) is 12.8 Å². The lowest BCUT2D eigenvalue weighted by atomic mass is 10.2. The van der Waals surface area contributed by atoms with E-state index >= 15 is 0 Å². The van der Waals surface area contributed by atoms with Gasteiger partial charge in [0.1, 0.15) is 0 Å². The van der Waals surface area contributed by atoms with E-state index in [4.69, 9.17) is 11.6 Å². The summed E-state index contributed by atoms with van der Waals surface area (Å²) >= 11 is 3.44. The molecule has 0 radical (unpaired) electrons. The van der Waals surface area contributed by atoms with E-state index in [0.717, 1.165) is 23.3 Å². The molecule has 2 aliphatic rings. The molecule has 0 atom stereocenters. The molecule has 2 amide bonds. The van der Waals surface area contributed by atoms with Crippen LogP contribution in [0.3, 0.4) is 0 Å². The van der Waals surface area contributed by atoms with Crippen LogP contribution in [0.4, 0.5) is 4.79 Å². The van der Waals surface area contributed by atoms with Crippen molar-refractivity contribution in [3.05, 3.63) is 33.7 Å². The average Bonchev–Trinajstić information content (AvgIpc) is 3.32. The number of likely N-dealkylation sites (N-methyl/N-ethyl adjacent to an activating group) is 1. The second-order valence-corrected chi connectivity index (χ2v) is 7.68. The van der Waals surface area contributed by atoms with Crippen molar-refractivity contribution < 1.29 is 4.79 Å². The van der Waals surface area contributed by atoms with Crippen LogP contribution in [0.2, 0.25) is 0 Å². The third-order valence-corrected chi connectivity index (χ3v) is 5.57. The monoisotopic (exact) mass is 408 g/mol. The molecule has 8 heteroatoms. The predicted octanol–water partition coefficient (Wildman–Crippen LogP) is 1.73. The van der Waals surface area contributed by atoms with Gasteiger partial charge in [0.25, 0.3) is 0 Å². The van der Waals surface area contributed by atoms with Gasteiger partial charge in [-0.05, 0) is 53.7 Å². The van der Waals surface area contributed by atoms with Crippen molar-refractivity contribution in [1.29, 1.82) is 0 Å². The highest BCUT2D eigenvalue weighted by Gasteiger charge is 2.34. The van der Waals surface area contributed by atoms with E-state index in [0.29, 0.717) is 36.1 Å². The summed E-state index contributed by atoms with van der Waals surface area (Å²) in [5.74, 6) is 6.69. The van der Waals surface area contributed by atoms with Crippen molar-refractivity contribution >= 4 is 27.7 Å². The number of aryl methyl sites for hydroxylation is 1. The number of hydrazine groups is 1. The molecule has 1 aliphatic heterocycles. The summed E-state index contributed by atoms with van der Waals surface area (Å²) in [4.78, 5) is 20.8. The molecule has 4 N–H and O–H groups in total. The Bertz CT molecular complexity index is 700. The Labute approximate surface area is 156 Å². The van der Waals surface area contributed by atoms with Crippen molar-refractivity contribution in [3.63, 3.8) is 0 Å². The van der Waals surface area contributed by atoms with Crippen molar-refractivity contribution in [3.8, 4) is 0 Å². The fraction of sp³-hybridized carbons (Fsp3) is 0.529. The molecule has 1 saturated carbocycles. The minimum absolute atomic E-state index is 0.0685. The molecule has 2 heterocycles. The molecule has 0 spiro atoms. The Hall–Kier alpha value is -1.80. The Morgan fingerprint density at radius 1 is 1.36 bits per heavy atom. The quantitative estimate of drug-likeness (QED) is 0.552. The largest absolute Gasteiger partial charge is 0.395 e. The number of aromatic nitrogens is 1. The van der Waals surface area contributed by atoms with Crippen LogP contribution in [0.1, 0.15) is 24.2 Å². The van der Waals surface area contributed by atoms with Crippen molar-refractivity contribution in [2.24, 2.45) is 17.5 Å². The Balaban J connectivity index is 1.78. The Morgan fingerprint density at radius 2 is 2.04 bits per heavy atom. The first-order valence-corrected chi connectivity index (χ1v) is 9.30. The summed E-state index contributed by atoms with van der Waals surface area (Å²) < 4.78 is 0.928. The topological polar surface area (TPSA) is 91.7 Å². The van der Waals surface area contributed by atoms with Gasteiger partial charge in [-0.15, -0.1) is 0 Å². The highest BCUT2D eigenvalue weighted by atomic mass is 79.9. The van der Waals surface area contributed by atoms with Gasteiger partial charge in [-0.2, -0.15) is 0 Å². The molecule has 136 valence electrons. The molecular weight excluding hydrogens is 384 g/mol. The van der Waals surface area contributed by atoms with Gasteiger partial charge in [0.15, 0.2) is 0 Å². The van der Waals surface area contributed by atoms with Gasteiger partial charge in [0.05, 0.1) is 29.3 Å². The second kappa shape index (κ2) is 7.21. The van der Waals surface area contributed by atoms with E-state index in [2.05, 4.69) is 20.9 Å². The number of pyridine rings is 1. The SMILES string of the molecule is Cc1nc(/C(N)=C(\CN2CCN(CC3CC3)C2=O)N(C)N)ccc1Br. The van der Waals surface area contributed by atoms with Crippen molar-refractivity contribution in [1.82, 2.24) is 19.8 Å². The first-order chi connectivity index (χ1) is 11.9. The van der Waals surface area contributed by atoms with Gasteiger partial charge in [-0.25, -0.2) is 10.6 Å². The number of amides is 2. The molecule has 7 nitrogen and oxygen atoms in total. The van der Waals surface area contributed by atoms with Gasteiger partial charge >= 0.3 is 6.03 Å². The molecule has 1 aromatic heterocycles. The van der Waals surface area contributed by atoms with E-state index < -0.39 is 0 Å². The smallest absolute Gasteiger partial charge is 0.320 e. The molecule has 1 aliphatic carbocycles. The van der Waals surface area contributed by atoms with Crippen molar-refractivity contribution in [2.45, 2.75) is 19.8 Å². The molecule has 0 aromatic carbocycles. The molecule has 2 fully saturated rings. The fourth-order valence-electron chi connectivity index (χ4n) is 2.97. The number of nitrogens with zero attached hydrogens (tertiary/aromatic N) is 4. The average molecular weight is 409 g/mol. The van der Waals surface area contributed by atoms with Crippen LogP contribution in [0.15, 0.2) is 22.3 Å². The zero-order chi connectivity index (χ0) is 18.1. The van der Waals surface area contributed by atoms with E-state index in [9.17, 15) is 4.79 Å². The zero-order valence-corrected chi connectivity index (χ0v) is 16.3. The Kier molecular flexibility index (Phi) is 5.19.